The predicted octanol–water partition coefficient (Wildman–Crippen LogP) is 2.88. The second kappa shape index (κ2) is 6.77. The van der Waals surface area contributed by atoms with Crippen LogP contribution in [-0.2, 0) is 0 Å². The maximum absolute atomic E-state index is 13.0. The number of hydrogen-bond acceptors (Lipinski definition) is 3. The zero-order valence-corrected chi connectivity index (χ0v) is 13.2. The van der Waals surface area contributed by atoms with Crippen molar-refractivity contribution in [2.45, 2.75) is 13.3 Å². The van der Waals surface area contributed by atoms with Gasteiger partial charge in [-0.05, 0) is 49.7 Å². The highest BCUT2D eigenvalue weighted by atomic mass is 19.1. The molecule has 2 aromatic rings. The smallest absolute Gasteiger partial charge is 0.253 e. The number of benzene rings is 1. The first-order valence-corrected chi connectivity index (χ1v) is 7.87. The molecule has 1 aliphatic heterocycles. The van der Waals surface area contributed by atoms with Gasteiger partial charge in [0.2, 0.25) is 0 Å². The fourth-order valence-electron chi connectivity index (χ4n) is 2.83. The number of amides is 1. The second-order valence-corrected chi connectivity index (χ2v) is 5.78. The molecule has 1 amide bonds. The summed E-state index contributed by atoms with van der Waals surface area (Å²) in [5.74, 6) is 0.597. The number of anilines is 1. The summed E-state index contributed by atoms with van der Waals surface area (Å²) in [5.41, 5.74) is 1.53. The standard InChI is InChI=1S/C18H20FN3O/c1-14-4-2-5-17(20-14)21-10-3-11-22(13-12-21)18(23)15-6-8-16(19)9-7-15/h2,4-9H,3,10-13H2,1H3. The van der Waals surface area contributed by atoms with Gasteiger partial charge < -0.3 is 9.80 Å². The van der Waals surface area contributed by atoms with E-state index in [-0.39, 0.29) is 11.7 Å². The number of carbonyl (C=O) groups excluding carboxylic acids is 1. The number of hydrogen-bond donors (Lipinski definition) is 0. The number of aromatic nitrogens is 1. The molecule has 1 fully saturated rings. The molecule has 1 saturated heterocycles. The van der Waals surface area contributed by atoms with E-state index in [9.17, 15) is 9.18 Å². The molecule has 3 rings (SSSR count). The van der Waals surface area contributed by atoms with Gasteiger partial charge in [-0.25, -0.2) is 9.37 Å². The normalized spacial score (nSPS) is 15.4. The zero-order valence-electron chi connectivity index (χ0n) is 13.2. The highest BCUT2D eigenvalue weighted by Crippen LogP contribution is 2.16. The Kier molecular flexibility index (Phi) is 4.55. The van der Waals surface area contributed by atoms with Crippen molar-refractivity contribution < 1.29 is 9.18 Å². The molecule has 23 heavy (non-hydrogen) atoms. The first kappa shape index (κ1) is 15.5. The van der Waals surface area contributed by atoms with E-state index in [1.54, 1.807) is 12.1 Å². The molecule has 1 aromatic carbocycles. The molecule has 0 bridgehead atoms. The molecule has 1 aliphatic rings. The van der Waals surface area contributed by atoms with E-state index in [1.807, 2.05) is 30.0 Å². The van der Waals surface area contributed by atoms with Crippen LogP contribution in [0.25, 0.3) is 0 Å². The van der Waals surface area contributed by atoms with Gasteiger partial charge in [0.25, 0.3) is 5.91 Å². The molecule has 5 heteroatoms. The van der Waals surface area contributed by atoms with Crippen LogP contribution in [0.5, 0.6) is 0 Å². The van der Waals surface area contributed by atoms with Gasteiger partial charge in [-0.3, -0.25) is 4.79 Å². The Morgan fingerprint density at radius 2 is 1.83 bits per heavy atom. The summed E-state index contributed by atoms with van der Waals surface area (Å²) in [6, 6.07) is 11.7. The molecule has 0 unspecified atom stereocenters. The van der Waals surface area contributed by atoms with E-state index in [4.69, 9.17) is 0 Å². The van der Waals surface area contributed by atoms with Gasteiger partial charge in [-0.2, -0.15) is 0 Å². The highest BCUT2D eigenvalue weighted by Gasteiger charge is 2.21. The number of aryl methyl sites for hydroxylation is 1. The molecule has 120 valence electrons. The van der Waals surface area contributed by atoms with Crippen molar-refractivity contribution >= 4 is 11.7 Å². The minimum atomic E-state index is -0.325. The quantitative estimate of drug-likeness (QED) is 0.855. The average molecular weight is 313 g/mol. The summed E-state index contributed by atoms with van der Waals surface area (Å²) in [7, 11) is 0. The number of carbonyl (C=O) groups is 1. The Balaban J connectivity index is 1.68. The Morgan fingerprint density at radius 3 is 2.57 bits per heavy atom. The van der Waals surface area contributed by atoms with Gasteiger partial charge in [0.05, 0.1) is 0 Å². The third-order valence-corrected chi connectivity index (χ3v) is 4.07. The van der Waals surface area contributed by atoms with E-state index >= 15 is 0 Å². The molecule has 0 spiro atoms. The summed E-state index contributed by atoms with van der Waals surface area (Å²) in [6.07, 6.45) is 0.891. The number of pyridine rings is 1. The molecule has 1 aromatic heterocycles. The van der Waals surface area contributed by atoms with Gasteiger partial charge in [0, 0.05) is 37.4 Å². The van der Waals surface area contributed by atoms with E-state index < -0.39 is 0 Å². The van der Waals surface area contributed by atoms with Crippen LogP contribution in [-0.4, -0.2) is 42.0 Å². The lowest BCUT2D eigenvalue weighted by molar-refractivity contribution is 0.0767. The summed E-state index contributed by atoms with van der Waals surface area (Å²) in [4.78, 5) is 21.1. The van der Waals surface area contributed by atoms with Crippen LogP contribution < -0.4 is 4.90 Å². The maximum Gasteiger partial charge on any atom is 0.253 e. The van der Waals surface area contributed by atoms with Crippen LogP contribution in [0.3, 0.4) is 0 Å². The lowest BCUT2D eigenvalue weighted by Gasteiger charge is -2.23. The molecular weight excluding hydrogens is 293 g/mol. The van der Waals surface area contributed by atoms with Gasteiger partial charge in [0.1, 0.15) is 11.6 Å². The lowest BCUT2D eigenvalue weighted by atomic mass is 10.2. The van der Waals surface area contributed by atoms with Crippen molar-refractivity contribution in [3.05, 3.63) is 59.5 Å². The van der Waals surface area contributed by atoms with E-state index in [1.165, 1.54) is 12.1 Å². The molecule has 2 heterocycles. The number of nitrogens with zero attached hydrogens (tertiary/aromatic N) is 3. The second-order valence-electron chi connectivity index (χ2n) is 5.78. The van der Waals surface area contributed by atoms with E-state index in [2.05, 4.69) is 9.88 Å². The summed E-state index contributed by atoms with van der Waals surface area (Å²) in [6.45, 7) is 4.96. The minimum absolute atomic E-state index is 0.0379. The fraction of sp³-hybridized carbons (Fsp3) is 0.333. The van der Waals surface area contributed by atoms with Gasteiger partial charge in [-0.15, -0.1) is 0 Å². The topological polar surface area (TPSA) is 36.4 Å². The first-order valence-electron chi connectivity index (χ1n) is 7.87. The zero-order chi connectivity index (χ0) is 16.2. The number of rotatable bonds is 2. The molecule has 4 nitrogen and oxygen atoms in total. The molecule has 0 radical (unpaired) electrons. The van der Waals surface area contributed by atoms with E-state index in [0.717, 1.165) is 31.0 Å². The summed E-state index contributed by atoms with van der Waals surface area (Å²) in [5, 5.41) is 0. The van der Waals surface area contributed by atoms with Crippen LogP contribution in [0.2, 0.25) is 0 Å². The minimum Gasteiger partial charge on any atom is -0.355 e. The van der Waals surface area contributed by atoms with Crippen LogP contribution in [0, 0.1) is 12.7 Å². The third kappa shape index (κ3) is 3.67. The monoisotopic (exact) mass is 313 g/mol. The van der Waals surface area contributed by atoms with Crippen molar-refractivity contribution in [1.29, 1.82) is 0 Å². The summed E-state index contributed by atoms with van der Waals surface area (Å²) >= 11 is 0. The lowest BCUT2D eigenvalue weighted by Crippen LogP contribution is -2.35. The maximum atomic E-state index is 13.0. The van der Waals surface area contributed by atoms with Crippen molar-refractivity contribution in [2.24, 2.45) is 0 Å². The van der Waals surface area contributed by atoms with Crippen molar-refractivity contribution in [2.75, 3.05) is 31.1 Å². The Morgan fingerprint density at radius 1 is 1.04 bits per heavy atom. The van der Waals surface area contributed by atoms with Crippen molar-refractivity contribution in [3.63, 3.8) is 0 Å². The largest absolute Gasteiger partial charge is 0.355 e. The highest BCUT2D eigenvalue weighted by molar-refractivity contribution is 5.94. The van der Waals surface area contributed by atoms with Crippen LogP contribution >= 0.6 is 0 Å². The Bertz CT molecular complexity index is 687. The molecule has 0 atom stereocenters. The fourth-order valence-corrected chi connectivity index (χ4v) is 2.83. The summed E-state index contributed by atoms with van der Waals surface area (Å²) < 4.78 is 13.0. The van der Waals surface area contributed by atoms with Crippen molar-refractivity contribution in [1.82, 2.24) is 9.88 Å². The predicted molar refractivity (Wildman–Crippen MR) is 88.1 cm³/mol. The molecule has 0 N–H and O–H groups in total. The van der Waals surface area contributed by atoms with Crippen LogP contribution in [0.15, 0.2) is 42.5 Å². The Hall–Kier alpha value is -2.43. The third-order valence-electron chi connectivity index (χ3n) is 4.07. The SMILES string of the molecule is Cc1cccc(N2CCCN(C(=O)c3ccc(F)cc3)CC2)n1. The van der Waals surface area contributed by atoms with Gasteiger partial charge in [-0.1, -0.05) is 6.07 Å². The van der Waals surface area contributed by atoms with Gasteiger partial charge in [0.15, 0.2) is 0 Å². The number of halogens is 1. The van der Waals surface area contributed by atoms with Crippen LogP contribution in [0.4, 0.5) is 10.2 Å². The molecular formula is C18H20FN3O. The van der Waals surface area contributed by atoms with Gasteiger partial charge >= 0.3 is 0 Å². The molecule has 0 aliphatic carbocycles. The van der Waals surface area contributed by atoms with E-state index in [0.29, 0.717) is 18.7 Å². The Labute approximate surface area is 135 Å². The first-order chi connectivity index (χ1) is 11.1. The average Bonchev–Trinajstić information content (AvgIpc) is 2.81. The van der Waals surface area contributed by atoms with Crippen LogP contribution in [0.1, 0.15) is 22.5 Å². The molecule has 0 saturated carbocycles. The van der Waals surface area contributed by atoms with Crippen molar-refractivity contribution in [3.8, 4) is 0 Å².